The summed E-state index contributed by atoms with van der Waals surface area (Å²) in [6.07, 6.45) is 2.42. The Morgan fingerprint density at radius 1 is 1.13 bits per heavy atom. The lowest BCUT2D eigenvalue weighted by atomic mass is 10.0. The molecule has 1 aromatic carbocycles. The summed E-state index contributed by atoms with van der Waals surface area (Å²) in [5.41, 5.74) is 0.376. The van der Waals surface area contributed by atoms with Gasteiger partial charge < -0.3 is 9.41 Å². The number of pyridine rings is 1. The largest absolute Gasteiger partial charge is 0.544 e. The van der Waals surface area contributed by atoms with Crippen molar-refractivity contribution in [2.24, 2.45) is 0 Å². The summed E-state index contributed by atoms with van der Waals surface area (Å²) >= 11 is 0. The molecule has 1 heterocycles. The van der Waals surface area contributed by atoms with E-state index in [1.807, 2.05) is 24.3 Å². The predicted molar refractivity (Wildman–Crippen MR) is 91.5 cm³/mol. The molecule has 2 rings (SSSR count). The van der Waals surface area contributed by atoms with Gasteiger partial charge in [-0.2, -0.15) is 0 Å². The van der Waals surface area contributed by atoms with E-state index >= 15 is 0 Å². The minimum absolute atomic E-state index is 0.379. The number of para-hydroxylation sites is 1. The highest BCUT2D eigenvalue weighted by Crippen LogP contribution is 2.24. The van der Waals surface area contributed by atoms with Gasteiger partial charge in [-0.3, -0.25) is 14.9 Å². The van der Waals surface area contributed by atoms with E-state index in [-0.39, 0.29) is 5.69 Å². The van der Waals surface area contributed by atoms with Crippen LogP contribution in [0.1, 0.15) is 11.1 Å². The average molecular weight is 332 g/mol. The highest BCUT2D eigenvalue weighted by atomic mass is 28.4. The van der Waals surface area contributed by atoms with Gasteiger partial charge in [0.1, 0.15) is 5.75 Å². The van der Waals surface area contributed by atoms with Gasteiger partial charge in [-0.25, -0.2) is 0 Å². The number of nitro groups is 1. The van der Waals surface area contributed by atoms with Crippen molar-refractivity contribution in [1.82, 2.24) is 4.98 Å². The number of nitrogens with one attached hydrogen (secondary N) is 1. The molecule has 0 spiro atoms. The van der Waals surface area contributed by atoms with E-state index in [1.54, 1.807) is 6.07 Å². The van der Waals surface area contributed by atoms with Crippen LogP contribution in [0, 0.1) is 10.1 Å². The van der Waals surface area contributed by atoms with Crippen LogP contribution in [0.15, 0.2) is 41.3 Å². The Hall–Kier alpha value is -2.41. The van der Waals surface area contributed by atoms with Crippen molar-refractivity contribution in [2.45, 2.75) is 32.5 Å². The van der Waals surface area contributed by atoms with Crippen LogP contribution in [0.2, 0.25) is 19.6 Å². The second-order valence-corrected chi connectivity index (χ2v) is 10.7. The molecule has 7 heteroatoms. The van der Waals surface area contributed by atoms with Crippen molar-refractivity contribution < 1.29 is 9.35 Å². The fourth-order valence-electron chi connectivity index (χ4n) is 2.32. The molecule has 0 bridgehead atoms. The maximum absolute atomic E-state index is 11.6. The van der Waals surface area contributed by atoms with Gasteiger partial charge in [-0.15, -0.1) is 0 Å². The van der Waals surface area contributed by atoms with Crippen molar-refractivity contribution in [3.8, 4) is 5.75 Å². The SMILES string of the molecule is C[Si](C)(C)Oc1ccccc1CCc1cc[nH]c(=O)c1[N+](=O)[O-]. The molecule has 2 aromatic rings. The van der Waals surface area contributed by atoms with Crippen LogP contribution in [-0.4, -0.2) is 18.2 Å². The van der Waals surface area contributed by atoms with Crippen LogP contribution in [0.4, 0.5) is 5.69 Å². The minimum Gasteiger partial charge on any atom is -0.544 e. The summed E-state index contributed by atoms with van der Waals surface area (Å²) in [5.74, 6) is 0.819. The molecule has 0 aliphatic heterocycles. The van der Waals surface area contributed by atoms with Crippen LogP contribution in [0.25, 0.3) is 0 Å². The van der Waals surface area contributed by atoms with E-state index in [0.29, 0.717) is 18.4 Å². The molecular weight excluding hydrogens is 312 g/mol. The number of rotatable bonds is 6. The van der Waals surface area contributed by atoms with Crippen molar-refractivity contribution in [3.05, 3.63) is 68.1 Å². The first-order valence-electron chi connectivity index (χ1n) is 7.40. The standard InChI is InChI=1S/C16H20N2O4Si/c1-23(2,3)22-14-7-5-4-6-12(14)8-9-13-10-11-17-16(19)15(13)18(20)21/h4-7,10-11H,8-9H2,1-3H3,(H,17,19). The molecule has 0 aliphatic carbocycles. The maximum atomic E-state index is 11.6. The molecule has 0 fully saturated rings. The van der Waals surface area contributed by atoms with Gasteiger partial charge in [0.2, 0.25) is 8.32 Å². The Labute approximate surface area is 135 Å². The van der Waals surface area contributed by atoms with Crippen molar-refractivity contribution in [3.63, 3.8) is 0 Å². The number of aromatic amines is 1. The van der Waals surface area contributed by atoms with Crippen molar-refractivity contribution in [2.75, 3.05) is 0 Å². The van der Waals surface area contributed by atoms with Crippen LogP contribution >= 0.6 is 0 Å². The Balaban J connectivity index is 2.24. The fraction of sp³-hybridized carbons (Fsp3) is 0.312. The summed E-state index contributed by atoms with van der Waals surface area (Å²) in [6, 6.07) is 9.28. The molecule has 1 aromatic heterocycles. The lowest BCUT2D eigenvalue weighted by Gasteiger charge is -2.21. The van der Waals surface area contributed by atoms with E-state index in [4.69, 9.17) is 4.43 Å². The number of hydrogen-bond donors (Lipinski definition) is 1. The number of aryl methyl sites for hydroxylation is 2. The van der Waals surface area contributed by atoms with Crippen molar-refractivity contribution >= 4 is 14.0 Å². The molecule has 0 aliphatic rings. The molecule has 122 valence electrons. The van der Waals surface area contributed by atoms with Gasteiger partial charge in [0, 0.05) is 11.8 Å². The highest BCUT2D eigenvalue weighted by Gasteiger charge is 2.20. The minimum atomic E-state index is -1.74. The first-order chi connectivity index (χ1) is 10.8. The normalized spacial score (nSPS) is 11.3. The third-order valence-electron chi connectivity index (χ3n) is 3.25. The monoisotopic (exact) mass is 332 g/mol. The first kappa shape index (κ1) is 16.9. The summed E-state index contributed by atoms with van der Waals surface area (Å²) < 4.78 is 6.06. The molecule has 0 amide bonds. The number of benzene rings is 1. The van der Waals surface area contributed by atoms with Gasteiger partial charge in [-0.1, -0.05) is 18.2 Å². The zero-order valence-electron chi connectivity index (χ0n) is 13.5. The number of hydrogen-bond acceptors (Lipinski definition) is 4. The van der Waals surface area contributed by atoms with E-state index < -0.39 is 18.8 Å². The molecule has 1 N–H and O–H groups in total. The number of aromatic nitrogens is 1. The van der Waals surface area contributed by atoms with Gasteiger partial charge in [-0.05, 0) is 50.2 Å². The summed E-state index contributed by atoms with van der Waals surface area (Å²) in [6.45, 7) is 6.31. The maximum Gasteiger partial charge on any atom is 0.337 e. The zero-order chi connectivity index (χ0) is 17.0. The average Bonchev–Trinajstić information content (AvgIpc) is 2.44. The van der Waals surface area contributed by atoms with Gasteiger partial charge in [0.05, 0.1) is 4.92 Å². The molecule has 0 atom stereocenters. The third kappa shape index (κ3) is 4.53. The Morgan fingerprint density at radius 3 is 2.43 bits per heavy atom. The predicted octanol–water partition coefficient (Wildman–Crippen LogP) is 3.28. The molecular formula is C16H20N2O4Si. The Bertz CT molecular complexity index is 765. The van der Waals surface area contributed by atoms with Crippen LogP contribution in [0.5, 0.6) is 5.75 Å². The lowest BCUT2D eigenvalue weighted by molar-refractivity contribution is -0.387. The second kappa shape index (κ2) is 6.78. The molecule has 23 heavy (non-hydrogen) atoms. The van der Waals surface area contributed by atoms with E-state index in [9.17, 15) is 14.9 Å². The van der Waals surface area contributed by atoms with Crippen molar-refractivity contribution in [1.29, 1.82) is 0 Å². The van der Waals surface area contributed by atoms with Crippen LogP contribution in [0.3, 0.4) is 0 Å². The highest BCUT2D eigenvalue weighted by molar-refractivity contribution is 6.70. The van der Waals surface area contributed by atoms with E-state index in [0.717, 1.165) is 11.3 Å². The summed E-state index contributed by atoms with van der Waals surface area (Å²) in [7, 11) is -1.74. The number of H-pyrrole nitrogens is 1. The molecule has 0 radical (unpaired) electrons. The quantitative estimate of drug-likeness (QED) is 0.500. The fourth-order valence-corrected chi connectivity index (χ4v) is 3.18. The van der Waals surface area contributed by atoms with Gasteiger partial charge >= 0.3 is 11.2 Å². The van der Waals surface area contributed by atoms with Crippen LogP contribution in [-0.2, 0) is 12.8 Å². The lowest BCUT2D eigenvalue weighted by Crippen LogP contribution is -2.29. The molecule has 0 unspecified atom stereocenters. The smallest absolute Gasteiger partial charge is 0.337 e. The zero-order valence-corrected chi connectivity index (χ0v) is 14.5. The van der Waals surface area contributed by atoms with E-state index in [2.05, 4.69) is 24.6 Å². The first-order valence-corrected chi connectivity index (χ1v) is 10.8. The second-order valence-electron chi connectivity index (χ2n) is 6.26. The topological polar surface area (TPSA) is 85.2 Å². The number of nitrogens with zero attached hydrogens (tertiary/aromatic N) is 1. The van der Waals surface area contributed by atoms with Gasteiger partial charge in [0.15, 0.2) is 0 Å². The van der Waals surface area contributed by atoms with E-state index in [1.165, 1.54) is 6.20 Å². The summed E-state index contributed by atoms with van der Waals surface area (Å²) in [4.78, 5) is 24.4. The summed E-state index contributed by atoms with van der Waals surface area (Å²) in [5, 5.41) is 11.1. The molecule has 6 nitrogen and oxygen atoms in total. The van der Waals surface area contributed by atoms with Crippen LogP contribution < -0.4 is 9.99 Å². The molecule has 0 saturated carbocycles. The Morgan fingerprint density at radius 2 is 1.78 bits per heavy atom. The third-order valence-corrected chi connectivity index (χ3v) is 4.09. The van der Waals surface area contributed by atoms with Gasteiger partial charge in [0.25, 0.3) is 0 Å². The Kier molecular flexibility index (Phi) is 5.00. The molecule has 0 saturated heterocycles.